The number of carboxylic acids is 1. The molecule has 1 amide bonds. The topological polar surface area (TPSA) is 79.3 Å². The number of rotatable bonds is 5. The van der Waals surface area contributed by atoms with Gasteiger partial charge >= 0.3 is 5.97 Å². The van der Waals surface area contributed by atoms with E-state index in [0.29, 0.717) is 5.69 Å². The Morgan fingerprint density at radius 3 is 2.88 bits per heavy atom. The molecule has 0 aliphatic heterocycles. The Hall–Kier alpha value is -1.91. The molecule has 5 nitrogen and oxygen atoms in total. The Labute approximate surface area is 93.5 Å². The molecular weight excluding hydrogens is 208 g/mol. The molecule has 0 bridgehead atoms. The van der Waals surface area contributed by atoms with Gasteiger partial charge in [0, 0.05) is 12.7 Å². The van der Waals surface area contributed by atoms with Crippen molar-refractivity contribution in [3.8, 4) is 0 Å². The second kappa shape index (κ2) is 5.85. The monoisotopic (exact) mass is 222 g/mol. The first-order chi connectivity index (χ1) is 7.65. The molecule has 0 spiro atoms. The molecule has 1 rings (SSSR count). The van der Waals surface area contributed by atoms with Gasteiger partial charge in [0.05, 0.1) is 6.42 Å². The van der Waals surface area contributed by atoms with Gasteiger partial charge in [0.1, 0.15) is 5.69 Å². The van der Waals surface area contributed by atoms with Crippen LogP contribution < -0.4 is 5.32 Å². The number of pyridine rings is 1. The number of hydrogen-bond acceptors (Lipinski definition) is 3. The highest BCUT2D eigenvalue weighted by Crippen LogP contribution is 2.05. The molecule has 0 unspecified atom stereocenters. The Bertz CT molecular complexity index is 391. The van der Waals surface area contributed by atoms with E-state index in [1.807, 2.05) is 13.0 Å². The molecule has 0 fully saturated rings. The summed E-state index contributed by atoms with van der Waals surface area (Å²) in [5, 5.41) is 11.0. The van der Waals surface area contributed by atoms with Gasteiger partial charge in [-0.15, -0.1) is 0 Å². The van der Waals surface area contributed by atoms with Gasteiger partial charge in [-0.2, -0.15) is 0 Å². The Morgan fingerprint density at radius 1 is 1.50 bits per heavy atom. The predicted octanol–water partition coefficient (Wildman–Crippen LogP) is 0.849. The second-order valence-corrected chi connectivity index (χ2v) is 3.26. The van der Waals surface area contributed by atoms with Crippen LogP contribution in [0.5, 0.6) is 0 Å². The standard InChI is InChI=1S/C11H14N2O3/c1-2-8-4-3-6-12-10(8)11(16)13-7-5-9(14)15/h3-4,6H,2,5,7H2,1H3,(H,13,16)(H,14,15). The third kappa shape index (κ3) is 3.34. The highest BCUT2D eigenvalue weighted by Gasteiger charge is 2.10. The maximum atomic E-state index is 11.6. The highest BCUT2D eigenvalue weighted by molar-refractivity contribution is 5.93. The molecule has 0 saturated carbocycles. The summed E-state index contributed by atoms with van der Waals surface area (Å²) >= 11 is 0. The van der Waals surface area contributed by atoms with Gasteiger partial charge in [0.2, 0.25) is 0 Å². The molecule has 0 saturated heterocycles. The van der Waals surface area contributed by atoms with Crippen molar-refractivity contribution in [3.05, 3.63) is 29.6 Å². The molecule has 1 heterocycles. The molecule has 0 atom stereocenters. The summed E-state index contributed by atoms with van der Waals surface area (Å²) in [6, 6.07) is 3.60. The van der Waals surface area contributed by atoms with Gasteiger partial charge in [-0.25, -0.2) is 0 Å². The summed E-state index contributed by atoms with van der Waals surface area (Å²) in [5.74, 6) is -1.25. The lowest BCUT2D eigenvalue weighted by Gasteiger charge is -2.06. The molecule has 2 N–H and O–H groups in total. The number of carbonyl (C=O) groups is 2. The number of aryl methyl sites for hydroxylation is 1. The lowest BCUT2D eigenvalue weighted by molar-refractivity contribution is -0.136. The first kappa shape index (κ1) is 12.2. The van der Waals surface area contributed by atoms with Gasteiger partial charge in [0.25, 0.3) is 5.91 Å². The molecule has 0 aliphatic carbocycles. The van der Waals surface area contributed by atoms with Crippen molar-refractivity contribution in [2.24, 2.45) is 0 Å². The fourth-order valence-electron chi connectivity index (χ4n) is 1.30. The molecule has 86 valence electrons. The maximum Gasteiger partial charge on any atom is 0.305 e. The van der Waals surface area contributed by atoms with Crippen molar-refractivity contribution < 1.29 is 14.7 Å². The van der Waals surface area contributed by atoms with Crippen LogP contribution in [0.2, 0.25) is 0 Å². The van der Waals surface area contributed by atoms with E-state index < -0.39 is 5.97 Å². The number of aliphatic carboxylic acids is 1. The summed E-state index contributed by atoms with van der Waals surface area (Å²) in [5.41, 5.74) is 1.23. The molecule has 0 aromatic carbocycles. The van der Waals surface area contributed by atoms with Crippen molar-refractivity contribution >= 4 is 11.9 Å². The molecule has 1 aromatic rings. The number of amides is 1. The van der Waals surface area contributed by atoms with Crippen LogP contribution in [0.4, 0.5) is 0 Å². The molecular formula is C11H14N2O3. The summed E-state index contributed by atoms with van der Waals surface area (Å²) in [6.45, 7) is 2.05. The summed E-state index contributed by atoms with van der Waals surface area (Å²) < 4.78 is 0. The quantitative estimate of drug-likeness (QED) is 0.774. The number of hydrogen-bond donors (Lipinski definition) is 2. The van der Waals surface area contributed by atoms with Crippen molar-refractivity contribution in [1.29, 1.82) is 0 Å². The third-order valence-corrected chi connectivity index (χ3v) is 2.11. The van der Waals surface area contributed by atoms with Crippen LogP contribution in [0, 0.1) is 0 Å². The molecule has 0 aliphatic rings. The summed E-state index contributed by atoms with van der Waals surface area (Å²) in [6.07, 6.45) is 2.18. The fraction of sp³-hybridized carbons (Fsp3) is 0.364. The van der Waals surface area contributed by atoms with Crippen molar-refractivity contribution in [3.63, 3.8) is 0 Å². The largest absolute Gasteiger partial charge is 0.481 e. The Kier molecular flexibility index (Phi) is 4.44. The lowest BCUT2D eigenvalue weighted by Crippen LogP contribution is -2.27. The predicted molar refractivity (Wildman–Crippen MR) is 58.2 cm³/mol. The van der Waals surface area contributed by atoms with Crippen LogP contribution in [0.15, 0.2) is 18.3 Å². The van der Waals surface area contributed by atoms with Crippen LogP contribution in [0.25, 0.3) is 0 Å². The number of nitrogens with zero attached hydrogens (tertiary/aromatic N) is 1. The SMILES string of the molecule is CCc1cccnc1C(=O)NCCC(=O)O. The number of nitrogens with one attached hydrogen (secondary N) is 1. The van der Waals surface area contributed by atoms with E-state index in [4.69, 9.17) is 5.11 Å². The van der Waals surface area contributed by atoms with Gasteiger partial charge in [-0.1, -0.05) is 13.0 Å². The van der Waals surface area contributed by atoms with Gasteiger partial charge in [0.15, 0.2) is 0 Å². The third-order valence-electron chi connectivity index (χ3n) is 2.11. The minimum Gasteiger partial charge on any atom is -0.481 e. The Balaban J connectivity index is 2.62. The van der Waals surface area contributed by atoms with Crippen molar-refractivity contribution in [2.45, 2.75) is 19.8 Å². The Morgan fingerprint density at radius 2 is 2.25 bits per heavy atom. The number of aromatic nitrogens is 1. The van der Waals surface area contributed by atoms with Crippen LogP contribution >= 0.6 is 0 Å². The van der Waals surface area contributed by atoms with Crippen molar-refractivity contribution in [1.82, 2.24) is 10.3 Å². The first-order valence-corrected chi connectivity index (χ1v) is 5.09. The molecule has 1 aromatic heterocycles. The zero-order chi connectivity index (χ0) is 12.0. The average molecular weight is 222 g/mol. The van der Waals surface area contributed by atoms with E-state index in [0.717, 1.165) is 12.0 Å². The normalized spacial score (nSPS) is 9.81. The maximum absolute atomic E-state index is 11.6. The lowest BCUT2D eigenvalue weighted by atomic mass is 10.1. The summed E-state index contributed by atoms with van der Waals surface area (Å²) in [4.78, 5) is 25.9. The molecule has 0 radical (unpaired) electrons. The van der Waals surface area contributed by atoms with E-state index in [1.165, 1.54) is 0 Å². The second-order valence-electron chi connectivity index (χ2n) is 3.26. The van der Waals surface area contributed by atoms with Gasteiger partial charge in [-0.3, -0.25) is 14.6 Å². The van der Waals surface area contributed by atoms with Crippen LogP contribution in [0.1, 0.15) is 29.4 Å². The average Bonchev–Trinajstić information content (AvgIpc) is 2.28. The van der Waals surface area contributed by atoms with E-state index >= 15 is 0 Å². The number of carboxylic acid groups (broad SMARTS) is 1. The fourth-order valence-corrected chi connectivity index (χ4v) is 1.30. The van der Waals surface area contributed by atoms with Crippen LogP contribution in [-0.2, 0) is 11.2 Å². The first-order valence-electron chi connectivity index (χ1n) is 5.09. The van der Waals surface area contributed by atoms with E-state index in [1.54, 1.807) is 12.3 Å². The number of carbonyl (C=O) groups excluding carboxylic acids is 1. The van der Waals surface area contributed by atoms with E-state index in [-0.39, 0.29) is 18.9 Å². The summed E-state index contributed by atoms with van der Waals surface area (Å²) in [7, 11) is 0. The minimum absolute atomic E-state index is 0.0833. The zero-order valence-electron chi connectivity index (χ0n) is 9.06. The van der Waals surface area contributed by atoms with Gasteiger partial charge in [-0.05, 0) is 18.1 Å². The zero-order valence-corrected chi connectivity index (χ0v) is 9.06. The molecule has 16 heavy (non-hydrogen) atoms. The highest BCUT2D eigenvalue weighted by atomic mass is 16.4. The van der Waals surface area contributed by atoms with Crippen molar-refractivity contribution in [2.75, 3.05) is 6.54 Å². The van der Waals surface area contributed by atoms with Gasteiger partial charge < -0.3 is 10.4 Å². The van der Waals surface area contributed by atoms with E-state index in [2.05, 4.69) is 10.3 Å². The van der Waals surface area contributed by atoms with E-state index in [9.17, 15) is 9.59 Å². The van der Waals surface area contributed by atoms with Crippen LogP contribution in [0.3, 0.4) is 0 Å². The van der Waals surface area contributed by atoms with Crippen LogP contribution in [-0.4, -0.2) is 28.5 Å². The minimum atomic E-state index is -0.933. The molecule has 5 heteroatoms. The smallest absolute Gasteiger partial charge is 0.305 e.